The second-order valence-electron chi connectivity index (χ2n) is 8.40. The normalized spacial score (nSPS) is 18.2. The molecule has 2 aliphatic rings. The van der Waals surface area contributed by atoms with Gasteiger partial charge >= 0.3 is 0 Å². The van der Waals surface area contributed by atoms with Gasteiger partial charge in [0.1, 0.15) is 18.2 Å². The second kappa shape index (κ2) is 13.6. The maximum Gasteiger partial charge on any atom is 0.262 e. The van der Waals surface area contributed by atoms with Crippen molar-refractivity contribution < 1.29 is 18.7 Å². The molecule has 0 radical (unpaired) electrons. The van der Waals surface area contributed by atoms with Crippen LogP contribution < -0.4 is 5.32 Å². The molecular formula is C26H33FN4O3. The number of hydrogen-bond acceptors (Lipinski definition) is 6. The molecule has 1 aromatic heterocycles. The molecular weight excluding hydrogens is 435 g/mol. The van der Waals surface area contributed by atoms with Crippen molar-refractivity contribution in [1.29, 1.82) is 5.26 Å². The summed E-state index contributed by atoms with van der Waals surface area (Å²) in [7, 11) is 0. The zero-order valence-corrected chi connectivity index (χ0v) is 19.8. The summed E-state index contributed by atoms with van der Waals surface area (Å²) in [6, 6.07) is 5.99. The Hall–Kier alpha value is -3.02. The number of nitrogens with one attached hydrogen (secondary N) is 1. The molecule has 0 aromatic carbocycles. The number of allylic oxidation sites excluding steroid dienone is 3. The number of hydrogen-bond donors (Lipinski definition) is 1. The summed E-state index contributed by atoms with van der Waals surface area (Å²) in [5.41, 5.74) is 1.24. The van der Waals surface area contributed by atoms with Gasteiger partial charge in [-0.15, -0.1) is 0 Å². The van der Waals surface area contributed by atoms with E-state index in [0.717, 1.165) is 76.3 Å². The molecule has 7 nitrogen and oxygen atoms in total. The van der Waals surface area contributed by atoms with E-state index in [-0.39, 0.29) is 17.3 Å². The number of amides is 1. The molecule has 1 N–H and O–H groups in total. The predicted molar refractivity (Wildman–Crippen MR) is 128 cm³/mol. The molecule has 0 bridgehead atoms. The number of ether oxygens (including phenoxy) is 2. The van der Waals surface area contributed by atoms with Crippen LogP contribution in [0.25, 0.3) is 6.08 Å². The van der Waals surface area contributed by atoms with Crippen molar-refractivity contribution in [2.75, 3.05) is 39.5 Å². The fourth-order valence-electron chi connectivity index (χ4n) is 4.05. The van der Waals surface area contributed by atoms with Gasteiger partial charge in [0.25, 0.3) is 5.91 Å². The molecule has 0 saturated carbocycles. The van der Waals surface area contributed by atoms with Crippen LogP contribution in [0.1, 0.15) is 44.7 Å². The van der Waals surface area contributed by atoms with Crippen LogP contribution in [0.3, 0.4) is 0 Å². The minimum absolute atomic E-state index is 0.101. The van der Waals surface area contributed by atoms with Crippen LogP contribution in [-0.4, -0.2) is 61.3 Å². The first-order chi connectivity index (χ1) is 16.6. The number of carbonyl (C=O) groups is 1. The third kappa shape index (κ3) is 8.08. The lowest BCUT2D eigenvalue weighted by atomic mass is 9.97. The Bertz CT molecular complexity index is 961. The van der Waals surface area contributed by atoms with Crippen LogP contribution in [-0.2, 0) is 14.3 Å². The SMILES string of the molecule is CCCC(NC(=O)/C(C#N)=C/c1cccc(F)n1)C1=CC=C(OCCN2CCOCC2)CCC1. The summed E-state index contributed by atoms with van der Waals surface area (Å²) in [5.74, 6) is -0.184. The Morgan fingerprint density at radius 2 is 2.18 bits per heavy atom. The minimum atomic E-state index is -0.659. The van der Waals surface area contributed by atoms with E-state index in [1.165, 1.54) is 18.2 Å². The molecule has 0 spiro atoms. The number of nitrogens with zero attached hydrogens (tertiary/aromatic N) is 3. The lowest BCUT2D eigenvalue weighted by molar-refractivity contribution is -0.117. The second-order valence-corrected chi connectivity index (χ2v) is 8.40. The standard InChI is InChI=1S/C26H33FN4O3/c1-2-5-24(30-26(32)21(19-28)18-22-7-4-9-25(27)29-22)20-6-3-8-23(11-10-20)34-17-14-31-12-15-33-16-13-31/h4,7,9-11,18,24H,2-3,5-6,8,12-17H2,1H3,(H,30,32)/b21-18+. The van der Waals surface area contributed by atoms with E-state index < -0.39 is 11.9 Å². The first-order valence-corrected chi connectivity index (χ1v) is 12.0. The van der Waals surface area contributed by atoms with Gasteiger partial charge in [0, 0.05) is 26.1 Å². The largest absolute Gasteiger partial charge is 0.497 e. The number of nitriles is 1. The smallest absolute Gasteiger partial charge is 0.262 e. The number of carbonyl (C=O) groups excluding carboxylic acids is 1. The number of rotatable bonds is 10. The summed E-state index contributed by atoms with van der Waals surface area (Å²) in [6.45, 7) is 7.04. The van der Waals surface area contributed by atoms with Crippen LogP contribution in [0.5, 0.6) is 0 Å². The first kappa shape index (κ1) is 25.6. The quantitative estimate of drug-likeness (QED) is 0.320. The summed E-state index contributed by atoms with van der Waals surface area (Å²) < 4.78 is 24.8. The summed E-state index contributed by atoms with van der Waals surface area (Å²) in [6.07, 6.45) is 9.62. The molecule has 1 atom stereocenters. The predicted octanol–water partition coefficient (Wildman–Crippen LogP) is 3.76. The summed E-state index contributed by atoms with van der Waals surface area (Å²) >= 11 is 0. The van der Waals surface area contributed by atoms with Crippen molar-refractivity contribution >= 4 is 12.0 Å². The number of halogens is 1. The van der Waals surface area contributed by atoms with Crippen LogP contribution in [0.4, 0.5) is 4.39 Å². The average Bonchev–Trinajstić information content (AvgIpc) is 3.08. The number of pyridine rings is 1. The van der Waals surface area contributed by atoms with E-state index >= 15 is 0 Å². The van der Waals surface area contributed by atoms with Crippen LogP contribution in [0.15, 0.2) is 47.3 Å². The van der Waals surface area contributed by atoms with Crippen molar-refractivity contribution in [3.63, 3.8) is 0 Å². The molecule has 1 fully saturated rings. The van der Waals surface area contributed by atoms with Gasteiger partial charge in [-0.1, -0.05) is 25.5 Å². The Kier molecular flexibility index (Phi) is 10.3. The molecule has 34 heavy (non-hydrogen) atoms. The van der Waals surface area contributed by atoms with Gasteiger partial charge in [0.2, 0.25) is 5.95 Å². The number of aromatic nitrogens is 1. The molecule has 1 aromatic rings. The summed E-state index contributed by atoms with van der Waals surface area (Å²) in [5, 5.41) is 12.5. The molecule has 1 unspecified atom stereocenters. The van der Waals surface area contributed by atoms with Gasteiger partial charge in [-0.05, 0) is 49.1 Å². The van der Waals surface area contributed by atoms with E-state index in [1.54, 1.807) is 6.07 Å². The highest BCUT2D eigenvalue weighted by atomic mass is 19.1. The van der Waals surface area contributed by atoms with Gasteiger partial charge in [-0.25, -0.2) is 4.98 Å². The van der Waals surface area contributed by atoms with Crippen molar-refractivity contribution in [1.82, 2.24) is 15.2 Å². The average molecular weight is 469 g/mol. The van der Waals surface area contributed by atoms with Crippen molar-refractivity contribution in [2.24, 2.45) is 0 Å². The Balaban J connectivity index is 1.62. The highest BCUT2D eigenvalue weighted by Crippen LogP contribution is 2.23. The van der Waals surface area contributed by atoms with Gasteiger partial charge in [0.05, 0.1) is 30.7 Å². The van der Waals surface area contributed by atoms with Gasteiger partial charge in [-0.3, -0.25) is 9.69 Å². The van der Waals surface area contributed by atoms with Gasteiger partial charge < -0.3 is 14.8 Å². The number of morpholine rings is 1. The molecule has 3 rings (SSSR count). The molecule has 1 amide bonds. The van der Waals surface area contributed by atoms with E-state index in [0.29, 0.717) is 6.61 Å². The minimum Gasteiger partial charge on any atom is -0.497 e. The van der Waals surface area contributed by atoms with Crippen LogP contribution >= 0.6 is 0 Å². The Morgan fingerprint density at radius 1 is 1.35 bits per heavy atom. The monoisotopic (exact) mass is 468 g/mol. The summed E-state index contributed by atoms with van der Waals surface area (Å²) in [4.78, 5) is 18.9. The maximum absolute atomic E-state index is 13.4. The highest BCUT2D eigenvalue weighted by Gasteiger charge is 2.20. The van der Waals surface area contributed by atoms with Gasteiger partial charge in [-0.2, -0.15) is 9.65 Å². The Labute approximate surface area is 200 Å². The maximum atomic E-state index is 13.4. The molecule has 1 aliphatic carbocycles. The van der Waals surface area contributed by atoms with Crippen molar-refractivity contribution in [2.45, 2.75) is 45.1 Å². The topological polar surface area (TPSA) is 87.5 Å². The molecule has 1 saturated heterocycles. The fraction of sp³-hybridized carbons (Fsp3) is 0.500. The van der Waals surface area contributed by atoms with E-state index in [4.69, 9.17) is 9.47 Å². The van der Waals surface area contributed by atoms with Gasteiger partial charge in [0.15, 0.2) is 0 Å². The van der Waals surface area contributed by atoms with E-state index in [9.17, 15) is 14.4 Å². The lowest BCUT2D eigenvalue weighted by Crippen LogP contribution is -2.38. The fourth-order valence-corrected chi connectivity index (χ4v) is 4.05. The van der Waals surface area contributed by atoms with Crippen molar-refractivity contribution in [3.8, 4) is 6.07 Å². The third-order valence-corrected chi connectivity index (χ3v) is 5.89. The lowest BCUT2D eigenvalue weighted by Gasteiger charge is -2.26. The Morgan fingerprint density at radius 3 is 2.91 bits per heavy atom. The third-order valence-electron chi connectivity index (χ3n) is 5.89. The molecule has 8 heteroatoms. The first-order valence-electron chi connectivity index (χ1n) is 12.0. The molecule has 2 heterocycles. The highest BCUT2D eigenvalue weighted by molar-refractivity contribution is 6.01. The zero-order chi connectivity index (χ0) is 24.2. The van der Waals surface area contributed by atoms with Crippen LogP contribution in [0, 0.1) is 17.3 Å². The van der Waals surface area contributed by atoms with E-state index in [2.05, 4.69) is 22.1 Å². The van der Waals surface area contributed by atoms with Crippen LogP contribution in [0.2, 0.25) is 0 Å². The van der Waals surface area contributed by atoms with E-state index in [1.807, 2.05) is 18.2 Å². The zero-order valence-electron chi connectivity index (χ0n) is 19.8. The molecule has 182 valence electrons. The molecule has 1 aliphatic heterocycles. The van der Waals surface area contributed by atoms with Crippen molar-refractivity contribution in [3.05, 3.63) is 58.9 Å².